The van der Waals surface area contributed by atoms with E-state index in [2.05, 4.69) is 4.74 Å². The third kappa shape index (κ3) is 22.4. The zero-order chi connectivity index (χ0) is 11.6. The number of carboxylic acids is 2. The fourth-order valence-corrected chi connectivity index (χ4v) is 0.282. The topological polar surface area (TPSA) is 101 Å². The van der Waals surface area contributed by atoms with Gasteiger partial charge in [0.05, 0.1) is 6.42 Å². The number of esters is 1. The van der Waals surface area contributed by atoms with Crippen molar-refractivity contribution in [3.05, 3.63) is 0 Å². The predicted molar refractivity (Wildman–Crippen MR) is 46.8 cm³/mol. The summed E-state index contributed by atoms with van der Waals surface area (Å²) in [5, 5.41) is 15.8. The van der Waals surface area contributed by atoms with Gasteiger partial charge in [0.25, 0.3) is 0 Å². The Morgan fingerprint density at radius 2 is 1.57 bits per heavy atom. The van der Waals surface area contributed by atoms with E-state index in [1.165, 1.54) is 6.92 Å². The number of carbonyl (C=O) groups excluding carboxylic acids is 1. The zero-order valence-corrected chi connectivity index (χ0v) is 8.15. The second-order valence-electron chi connectivity index (χ2n) is 2.23. The number of hydrogen-bond acceptors (Lipinski definition) is 4. The Hall–Kier alpha value is -1.59. The minimum absolute atomic E-state index is 0.0370. The van der Waals surface area contributed by atoms with Crippen molar-refractivity contribution in [3.63, 3.8) is 0 Å². The highest BCUT2D eigenvalue weighted by Gasteiger charge is 1.97. The molecule has 0 aliphatic heterocycles. The Morgan fingerprint density at radius 3 is 1.79 bits per heavy atom. The van der Waals surface area contributed by atoms with E-state index in [1.807, 2.05) is 0 Å². The van der Waals surface area contributed by atoms with Gasteiger partial charge in [0, 0.05) is 13.3 Å². The molecular weight excluding hydrogens is 192 g/mol. The average Bonchev–Trinajstić information content (AvgIpc) is 2.04. The molecule has 82 valence electrons. The van der Waals surface area contributed by atoms with Crippen LogP contribution < -0.4 is 0 Å². The molecular formula is C8H14O6. The molecule has 0 aromatic rings. The third-order valence-corrected chi connectivity index (χ3v) is 0.924. The fourth-order valence-electron chi connectivity index (χ4n) is 0.282. The highest BCUT2D eigenvalue weighted by atomic mass is 16.5. The van der Waals surface area contributed by atoms with Crippen LogP contribution in [-0.4, -0.2) is 34.7 Å². The summed E-state index contributed by atoms with van der Waals surface area (Å²) in [5.74, 6) is -2.16. The maximum Gasteiger partial charge on any atom is 0.306 e. The van der Waals surface area contributed by atoms with Gasteiger partial charge in [-0.15, -0.1) is 0 Å². The number of rotatable bonds is 4. The summed E-state index contributed by atoms with van der Waals surface area (Å²) in [6.07, 6.45) is 0.0968. The van der Waals surface area contributed by atoms with Gasteiger partial charge in [-0.3, -0.25) is 14.4 Å². The van der Waals surface area contributed by atoms with Crippen LogP contribution >= 0.6 is 0 Å². The van der Waals surface area contributed by atoms with Crippen LogP contribution in [-0.2, 0) is 19.1 Å². The second kappa shape index (κ2) is 9.50. The summed E-state index contributed by atoms with van der Waals surface area (Å²) in [7, 11) is 0. The molecule has 14 heavy (non-hydrogen) atoms. The maximum atomic E-state index is 10.0. The molecule has 0 saturated carbocycles. The van der Waals surface area contributed by atoms with E-state index in [0.717, 1.165) is 0 Å². The molecule has 6 nitrogen and oxygen atoms in total. The molecule has 0 heterocycles. The molecule has 0 aliphatic carbocycles. The third-order valence-electron chi connectivity index (χ3n) is 0.924. The number of ether oxygens (including phenoxy) is 1. The fraction of sp³-hybridized carbons (Fsp3) is 0.625. The zero-order valence-electron chi connectivity index (χ0n) is 8.15. The quantitative estimate of drug-likeness (QED) is 0.649. The highest BCUT2D eigenvalue weighted by Crippen LogP contribution is 1.81. The number of carbonyl (C=O) groups is 3. The lowest BCUT2D eigenvalue weighted by Gasteiger charge is -1.95. The van der Waals surface area contributed by atoms with Gasteiger partial charge in [0.2, 0.25) is 0 Å². The molecule has 0 bridgehead atoms. The first-order valence-corrected chi connectivity index (χ1v) is 3.97. The Kier molecular flexibility index (Phi) is 10.1. The number of hydrogen-bond donors (Lipinski definition) is 2. The average molecular weight is 206 g/mol. The van der Waals surface area contributed by atoms with Gasteiger partial charge in [-0.05, 0) is 0 Å². The van der Waals surface area contributed by atoms with Crippen molar-refractivity contribution in [2.75, 3.05) is 6.61 Å². The molecule has 0 aromatic heterocycles. The van der Waals surface area contributed by atoms with Gasteiger partial charge < -0.3 is 14.9 Å². The summed E-state index contributed by atoms with van der Waals surface area (Å²) >= 11 is 0. The monoisotopic (exact) mass is 206 g/mol. The number of carboxylic acid groups (broad SMARTS) is 2. The van der Waals surface area contributed by atoms with E-state index >= 15 is 0 Å². The molecule has 6 heteroatoms. The summed E-state index contributed by atoms with van der Waals surface area (Å²) in [5.41, 5.74) is 0. The number of aliphatic carboxylic acids is 2. The molecule has 0 aliphatic rings. The Morgan fingerprint density at radius 1 is 1.14 bits per heavy atom. The first-order valence-electron chi connectivity index (χ1n) is 3.97. The minimum Gasteiger partial charge on any atom is -0.481 e. The van der Waals surface area contributed by atoms with E-state index in [9.17, 15) is 14.4 Å². The van der Waals surface area contributed by atoms with Crippen molar-refractivity contribution >= 4 is 17.9 Å². The highest BCUT2D eigenvalue weighted by molar-refractivity contribution is 5.68. The summed E-state index contributed by atoms with van der Waals surface area (Å²) in [6, 6.07) is 0. The van der Waals surface area contributed by atoms with Crippen molar-refractivity contribution in [3.8, 4) is 0 Å². The molecule has 0 radical (unpaired) electrons. The lowest BCUT2D eigenvalue weighted by Crippen LogP contribution is -2.05. The van der Waals surface area contributed by atoms with Crippen molar-refractivity contribution in [1.29, 1.82) is 0 Å². The van der Waals surface area contributed by atoms with E-state index < -0.39 is 17.9 Å². The Labute approximate surface area is 81.5 Å². The molecule has 0 fully saturated rings. The van der Waals surface area contributed by atoms with Gasteiger partial charge in [-0.2, -0.15) is 0 Å². The van der Waals surface area contributed by atoms with Crippen LogP contribution in [0.15, 0.2) is 0 Å². The van der Waals surface area contributed by atoms with Gasteiger partial charge >= 0.3 is 17.9 Å². The maximum absolute atomic E-state index is 10.0. The van der Waals surface area contributed by atoms with Crippen LogP contribution in [0.25, 0.3) is 0 Å². The van der Waals surface area contributed by atoms with Gasteiger partial charge in [-0.1, -0.05) is 6.92 Å². The lowest BCUT2D eigenvalue weighted by molar-refractivity contribution is -0.144. The van der Waals surface area contributed by atoms with Crippen LogP contribution in [0.5, 0.6) is 0 Å². The van der Waals surface area contributed by atoms with E-state index in [0.29, 0.717) is 0 Å². The van der Waals surface area contributed by atoms with Gasteiger partial charge in [0.1, 0.15) is 6.61 Å². The van der Waals surface area contributed by atoms with Crippen molar-refractivity contribution in [2.45, 2.75) is 26.7 Å². The standard InChI is InChI=1S/C5H8O4.C3H6O2/c1-4(6)9-3-2-5(7)8;1-2-3(4)5/h2-3H2,1H3,(H,7,8);2H2,1H3,(H,4,5). The van der Waals surface area contributed by atoms with Crippen LogP contribution in [0.2, 0.25) is 0 Å². The molecule has 0 spiro atoms. The first-order chi connectivity index (χ1) is 6.40. The van der Waals surface area contributed by atoms with E-state index in [1.54, 1.807) is 6.92 Å². The van der Waals surface area contributed by atoms with Crippen LogP contribution in [0, 0.1) is 0 Å². The van der Waals surface area contributed by atoms with Crippen LogP contribution in [0.3, 0.4) is 0 Å². The molecule has 2 N–H and O–H groups in total. The van der Waals surface area contributed by atoms with Gasteiger partial charge in [-0.25, -0.2) is 0 Å². The SMILES string of the molecule is CC(=O)OCCC(=O)O.CCC(=O)O. The molecule has 0 rings (SSSR count). The summed E-state index contributed by atoms with van der Waals surface area (Å²) in [4.78, 5) is 29.2. The molecule has 0 unspecified atom stereocenters. The van der Waals surface area contributed by atoms with E-state index in [-0.39, 0.29) is 19.4 Å². The molecule has 0 atom stereocenters. The lowest BCUT2D eigenvalue weighted by atomic mass is 10.5. The van der Waals surface area contributed by atoms with E-state index in [4.69, 9.17) is 10.2 Å². The van der Waals surface area contributed by atoms with Crippen molar-refractivity contribution in [1.82, 2.24) is 0 Å². The largest absolute Gasteiger partial charge is 0.481 e. The summed E-state index contributed by atoms with van der Waals surface area (Å²) < 4.78 is 4.33. The molecule has 0 saturated heterocycles. The van der Waals surface area contributed by atoms with Crippen molar-refractivity contribution in [2.24, 2.45) is 0 Å². The molecule has 0 amide bonds. The minimum atomic E-state index is -0.962. The predicted octanol–water partition coefficient (Wildman–Crippen LogP) is 0.505. The Bertz CT molecular complexity index is 184. The Balaban J connectivity index is 0. The molecule has 0 aromatic carbocycles. The first kappa shape index (κ1) is 14.9. The summed E-state index contributed by atoms with van der Waals surface area (Å²) in [6.45, 7) is 2.80. The van der Waals surface area contributed by atoms with Crippen molar-refractivity contribution < 1.29 is 29.3 Å². The smallest absolute Gasteiger partial charge is 0.306 e. The normalized spacial score (nSPS) is 8.14. The van der Waals surface area contributed by atoms with Crippen LogP contribution in [0.4, 0.5) is 0 Å². The second-order valence-corrected chi connectivity index (χ2v) is 2.23. The van der Waals surface area contributed by atoms with Crippen LogP contribution in [0.1, 0.15) is 26.7 Å². The van der Waals surface area contributed by atoms with Gasteiger partial charge in [0.15, 0.2) is 0 Å².